The topological polar surface area (TPSA) is 71.1 Å². The summed E-state index contributed by atoms with van der Waals surface area (Å²) < 4.78 is 11.8. The smallest absolute Gasteiger partial charge is 0.322 e. The van der Waals surface area contributed by atoms with Gasteiger partial charge in [0.2, 0.25) is 12.7 Å². The summed E-state index contributed by atoms with van der Waals surface area (Å²) in [6, 6.07) is 16.8. The summed E-state index contributed by atoms with van der Waals surface area (Å²) in [4.78, 5) is 31.1. The SMILES string of the molecule is CC(C)CN(CC(=O)N(Cc1ccc2c(c1)OCO2)Cc1cccs1)C(=O)Nc1ccc(Br)cc1. The number of nitrogens with one attached hydrogen (secondary N) is 1. The summed E-state index contributed by atoms with van der Waals surface area (Å²) in [5, 5.41) is 4.90. The second-order valence-corrected chi connectivity index (χ2v) is 10.7. The van der Waals surface area contributed by atoms with Gasteiger partial charge in [0.05, 0.1) is 6.54 Å². The van der Waals surface area contributed by atoms with Crippen molar-refractivity contribution in [2.24, 2.45) is 5.92 Å². The van der Waals surface area contributed by atoms with Gasteiger partial charge in [-0.3, -0.25) is 4.79 Å². The number of rotatable bonds is 9. The van der Waals surface area contributed by atoms with E-state index in [0.29, 0.717) is 36.8 Å². The van der Waals surface area contributed by atoms with Crippen molar-refractivity contribution in [3.63, 3.8) is 0 Å². The van der Waals surface area contributed by atoms with Crippen molar-refractivity contribution in [2.45, 2.75) is 26.9 Å². The van der Waals surface area contributed by atoms with E-state index in [1.54, 1.807) is 21.1 Å². The molecule has 3 aromatic rings. The van der Waals surface area contributed by atoms with Gasteiger partial charge in [0.25, 0.3) is 0 Å². The van der Waals surface area contributed by atoms with E-state index in [2.05, 4.69) is 21.2 Å². The molecule has 7 nitrogen and oxygen atoms in total. The first-order valence-electron chi connectivity index (χ1n) is 11.4. The highest BCUT2D eigenvalue weighted by Gasteiger charge is 2.24. The lowest BCUT2D eigenvalue weighted by Gasteiger charge is -2.29. The lowest BCUT2D eigenvalue weighted by Crippen LogP contribution is -2.45. The van der Waals surface area contributed by atoms with Gasteiger partial charge in [-0.25, -0.2) is 4.79 Å². The third-order valence-corrected chi connectivity index (χ3v) is 6.77. The average Bonchev–Trinajstić information content (AvgIpc) is 3.51. The molecule has 2 aromatic carbocycles. The predicted molar refractivity (Wildman–Crippen MR) is 141 cm³/mol. The summed E-state index contributed by atoms with van der Waals surface area (Å²) in [7, 11) is 0. The largest absolute Gasteiger partial charge is 0.454 e. The molecule has 35 heavy (non-hydrogen) atoms. The Morgan fingerprint density at radius 1 is 1.03 bits per heavy atom. The van der Waals surface area contributed by atoms with Crippen LogP contribution in [-0.2, 0) is 17.9 Å². The molecule has 2 heterocycles. The first-order chi connectivity index (χ1) is 16.9. The van der Waals surface area contributed by atoms with E-state index in [1.807, 2.05) is 73.8 Å². The lowest BCUT2D eigenvalue weighted by atomic mass is 10.1. The van der Waals surface area contributed by atoms with Gasteiger partial charge in [-0.1, -0.05) is 41.9 Å². The molecular formula is C26H28BrN3O4S. The summed E-state index contributed by atoms with van der Waals surface area (Å²) in [6.07, 6.45) is 0. The molecular weight excluding hydrogens is 530 g/mol. The maximum absolute atomic E-state index is 13.5. The van der Waals surface area contributed by atoms with Gasteiger partial charge in [0.15, 0.2) is 11.5 Å². The summed E-state index contributed by atoms with van der Waals surface area (Å²) in [5.74, 6) is 1.47. The quantitative estimate of drug-likeness (QED) is 0.352. The number of anilines is 1. The number of thiophene rings is 1. The van der Waals surface area contributed by atoms with Crippen LogP contribution in [0.4, 0.5) is 10.5 Å². The Kier molecular flexibility index (Phi) is 8.30. The second-order valence-electron chi connectivity index (χ2n) is 8.73. The van der Waals surface area contributed by atoms with Crippen LogP contribution in [0.5, 0.6) is 11.5 Å². The fraction of sp³-hybridized carbons (Fsp3) is 0.308. The first kappa shape index (κ1) is 25.1. The van der Waals surface area contributed by atoms with Crippen molar-refractivity contribution in [3.8, 4) is 11.5 Å². The number of fused-ring (bicyclic) bond motifs is 1. The minimum Gasteiger partial charge on any atom is -0.454 e. The molecule has 4 rings (SSSR count). The Morgan fingerprint density at radius 3 is 2.51 bits per heavy atom. The van der Waals surface area contributed by atoms with Crippen LogP contribution in [0, 0.1) is 5.92 Å². The third-order valence-electron chi connectivity index (χ3n) is 5.38. The van der Waals surface area contributed by atoms with Crippen LogP contribution in [0.3, 0.4) is 0 Å². The summed E-state index contributed by atoms with van der Waals surface area (Å²) >= 11 is 5.01. The molecule has 0 radical (unpaired) electrons. The number of nitrogens with zero attached hydrogens (tertiary/aromatic N) is 2. The average molecular weight is 558 g/mol. The zero-order valence-electron chi connectivity index (χ0n) is 19.7. The second kappa shape index (κ2) is 11.6. The number of carbonyl (C=O) groups is 2. The van der Waals surface area contributed by atoms with E-state index in [-0.39, 0.29) is 31.2 Å². The Balaban J connectivity index is 1.50. The van der Waals surface area contributed by atoms with Crippen molar-refractivity contribution >= 4 is 44.9 Å². The number of carbonyl (C=O) groups excluding carboxylic acids is 2. The third kappa shape index (κ3) is 6.99. The Morgan fingerprint density at radius 2 is 1.80 bits per heavy atom. The van der Waals surface area contributed by atoms with Crippen LogP contribution in [-0.4, -0.2) is 41.6 Å². The minimum atomic E-state index is -0.298. The number of urea groups is 1. The van der Waals surface area contributed by atoms with Gasteiger partial charge in [-0.15, -0.1) is 11.3 Å². The van der Waals surface area contributed by atoms with Crippen LogP contribution in [0.1, 0.15) is 24.3 Å². The highest BCUT2D eigenvalue weighted by atomic mass is 79.9. The summed E-state index contributed by atoms with van der Waals surface area (Å²) in [5.41, 5.74) is 1.61. The number of hydrogen-bond donors (Lipinski definition) is 1. The first-order valence-corrected chi connectivity index (χ1v) is 13.0. The fourth-order valence-corrected chi connectivity index (χ4v) is 4.73. The van der Waals surface area contributed by atoms with E-state index >= 15 is 0 Å². The molecule has 3 amide bonds. The zero-order chi connectivity index (χ0) is 24.8. The number of hydrogen-bond acceptors (Lipinski definition) is 5. The van der Waals surface area contributed by atoms with Crippen molar-refractivity contribution < 1.29 is 19.1 Å². The van der Waals surface area contributed by atoms with Gasteiger partial charge in [-0.05, 0) is 59.3 Å². The molecule has 1 N–H and O–H groups in total. The van der Waals surface area contributed by atoms with Gasteiger partial charge in [0.1, 0.15) is 6.54 Å². The van der Waals surface area contributed by atoms with Crippen LogP contribution in [0.2, 0.25) is 0 Å². The highest BCUT2D eigenvalue weighted by molar-refractivity contribution is 9.10. The Hall–Kier alpha value is -3.04. The Labute approximate surface area is 217 Å². The van der Waals surface area contributed by atoms with Crippen molar-refractivity contribution in [2.75, 3.05) is 25.2 Å². The molecule has 0 bridgehead atoms. The van der Waals surface area contributed by atoms with Gasteiger partial charge < -0.3 is 24.6 Å². The van der Waals surface area contributed by atoms with Crippen LogP contribution < -0.4 is 14.8 Å². The Bertz CT molecular complexity index is 1150. The van der Waals surface area contributed by atoms with Crippen molar-refractivity contribution in [1.82, 2.24) is 9.80 Å². The van der Waals surface area contributed by atoms with Crippen molar-refractivity contribution in [1.29, 1.82) is 0 Å². The van der Waals surface area contributed by atoms with Crippen molar-refractivity contribution in [3.05, 3.63) is 74.9 Å². The highest BCUT2D eigenvalue weighted by Crippen LogP contribution is 2.33. The molecule has 0 saturated carbocycles. The number of benzene rings is 2. The maximum atomic E-state index is 13.5. The van der Waals surface area contributed by atoms with Crippen LogP contribution in [0.15, 0.2) is 64.5 Å². The minimum absolute atomic E-state index is 0.0174. The zero-order valence-corrected chi connectivity index (χ0v) is 22.1. The summed E-state index contributed by atoms with van der Waals surface area (Å²) in [6.45, 7) is 5.57. The molecule has 0 atom stereocenters. The monoisotopic (exact) mass is 557 g/mol. The number of amides is 3. The molecule has 0 unspecified atom stereocenters. The van der Waals surface area contributed by atoms with E-state index in [4.69, 9.17) is 9.47 Å². The number of ether oxygens (including phenoxy) is 2. The predicted octanol–water partition coefficient (Wildman–Crippen LogP) is 5.96. The standard InChI is InChI=1S/C26H28BrN3O4S/c1-18(2)13-30(26(32)28-21-8-6-20(27)7-9-21)16-25(31)29(15-22-4-3-11-35-22)14-19-5-10-23-24(12-19)34-17-33-23/h3-12,18H,13-17H2,1-2H3,(H,28,32). The van der Waals surface area contributed by atoms with E-state index in [9.17, 15) is 9.59 Å². The molecule has 0 saturated heterocycles. The molecule has 1 aliphatic heterocycles. The van der Waals surface area contributed by atoms with Gasteiger partial charge in [0, 0.05) is 28.1 Å². The van der Waals surface area contributed by atoms with E-state index in [0.717, 1.165) is 14.9 Å². The van der Waals surface area contributed by atoms with E-state index < -0.39 is 0 Å². The normalized spacial score (nSPS) is 12.0. The van der Waals surface area contributed by atoms with Gasteiger partial charge >= 0.3 is 6.03 Å². The molecule has 9 heteroatoms. The lowest BCUT2D eigenvalue weighted by molar-refractivity contribution is -0.133. The molecule has 0 fully saturated rings. The fourth-order valence-electron chi connectivity index (χ4n) is 3.74. The maximum Gasteiger partial charge on any atom is 0.322 e. The van der Waals surface area contributed by atoms with Gasteiger partial charge in [-0.2, -0.15) is 0 Å². The molecule has 1 aliphatic rings. The van der Waals surface area contributed by atoms with E-state index in [1.165, 1.54) is 0 Å². The van der Waals surface area contributed by atoms with Crippen LogP contribution in [0.25, 0.3) is 0 Å². The molecule has 0 aliphatic carbocycles. The number of halogens is 1. The molecule has 1 aromatic heterocycles. The van der Waals surface area contributed by atoms with Crippen LogP contribution >= 0.6 is 27.3 Å². The molecule has 184 valence electrons. The molecule has 0 spiro atoms.